The van der Waals surface area contributed by atoms with Crippen LogP contribution in [-0.4, -0.2) is 6.54 Å². The second-order valence-corrected chi connectivity index (χ2v) is 6.22. The maximum atomic E-state index is 6.27. The van der Waals surface area contributed by atoms with Gasteiger partial charge in [-0.25, -0.2) is 0 Å². The summed E-state index contributed by atoms with van der Waals surface area (Å²) in [6.45, 7) is 7.40. The molecule has 0 saturated carbocycles. The zero-order valence-corrected chi connectivity index (χ0v) is 13.2. The van der Waals surface area contributed by atoms with Crippen LogP contribution in [0.25, 0.3) is 0 Å². The minimum absolute atomic E-state index is 0.248. The van der Waals surface area contributed by atoms with Crippen LogP contribution in [0.3, 0.4) is 0 Å². The third kappa shape index (κ3) is 3.38. The van der Waals surface area contributed by atoms with Crippen molar-refractivity contribution in [3.8, 4) is 0 Å². The number of hydrogen-bond acceptors (Lipinski definition) is 2. The van der Waals surface area contributed by atoms with Gasteiger partial charge in [-0.1, -0.05) is 30.7 Å². The number of rotatable bonds is 5. The molecule has 1 heterocycles. The number of aryl methyl sites for hydroxylation is 2. The molecule has 0 aliphatic heterocycles. The van der Waals surface area contributed by atoms with Gasteiger partial charge in [0, 0.05) is 9.90 Å². The molecule has 0 fully saturated rings. The third-order valence-corrected chi connectivity index (χ3v) is 4.78. The second-order valence-electron chi connectivity index (χ2n) is 4.86. The minimum atomic E-state index is 0.248. The molecular formula is C16H20ClNS. The van der Waals surface area contributed by atoms with Crippen LogP contribution < -0.4 is 5.32 Å². The van der Waals surface area contributed by atoms with Gasteiger partial charge in [-0.3, -0.25) is 0 Å². The van der Waals surface area contributed by atoms with E-state index in [2.05, 4.69) is 48.8 Å². The number of hydrogen-bond donors (Lipinski definition) is 1. The molecule has 0 bridgehead atoms. The van der Waals surface area contributed by atoms with Gasteiger partial charge in [0.2, 0.25) is 0 Å². The molecule has 19 heavy (non-hydrogen) atoms. The molecule has 102 valence electrons. The first-order valence-corrected chi connectivity index (χ1v) is 7.92. The van der Waals surface area contributed by atoms with Crippen LogP contribution in [0.1, 0.15) is 41.0 Å². The van der Waals surface area contributed by atoms with Gasteiger partial charge in [-0.2, -0.15) is 0 Å². The number of halogens is 1. The van der Waals surface area contributed by atoms with Crippen molar-refractivity contribution in [1.29, 1.82) is 0 Å². The highest BCUT2D eigenvalue weighted by molar-refractivity contribution is 7.10. The summed E-state index contributed by atoms with van der Waals surface area (Å²) < 4.78 is 0. The zero-order valence-electron chi connectivity index (χ0n) is 11.7. The Kier molecular flexibility index (Phi) is 5.03. The normalized spacial score (nSPS) is 12.6. The van der Waals surface area contributed by atoms with Gasteiger partial charge in [-0.15, -0.1) is 11.3 Å². The first-order valence-electron chi connectivity index (χ1n) is 6.67. The van der Waals surface area contributed by atoms with Gasteiger partial charge in [-0.05, 0) is 61.0 Å². The average Bonchev–Trinajstić information content (AvgIpc) is 2.80. The van der Waals surface area contributed by atoms with Crippen molar-refractivity contribution in [2.75, 3.05) is 6.54 Å². The van der Waals surface area contributed by atoms with Crippen LogP contribution in [0, 0.1) is 13.8 Å². The lowest BCUT2D eigenvalue weighted by Gasteiger charge is -2.19. The molecule has 1 aromatic heterocycles. The molecule has 0 amide bonds. The Morgan fingerprint density at radius 2 is 2.00 bits per heavy atom. The van der Waals surface area contributed by atoms with Crippen molar-refractivity contribution < 1.29 is 0 Å². The lowest BCUT2D eigenvalue weighted by Crippen LogP contribution is -2.23. The molecule has 0 spiro atoms. The van der Waals surface area contributed by atoms with Crippen LogP contribution in [0.4, 0.5) is 0 Å². The summed E-state index contributed by atoms with van der Waals surface area (Å²) in [6, 6.07) is 8.78. The third-order valence-electron chi connectivity index (χ3n) is 3.29. The highest BCUT2D eigenvalue weighted by Crippen LogP contribution is 2.31. The van der Waals surface area contributed by atoms with Crippen molar-refractivity contribution in [2.24, 2.45) is 0 Å². The highest BCUT2D eigenvalue weighted by atomic mass is 35.5. The van der Waals surface area contributed by atoms with Crippen LogP contribution in [0.15, 0.2) is 29.6 Å². The minimum Gasteiger partial charge on any atom is -0.306 e. The summed E-state index contributed by atoms with van der Waals surface area (Å²) in [5, 5.41) is 6.62. The zero-order chi connectivity index (χ0) is 13.8. The Bertz CT molecular complexity index is 547. The van der Waals surface area contributed by atoms with Gasteiger partial charge < -0.3 is 5.32 Å². The second kappa shape index (κ2) is 6.56. The van der Waals surface area contributed by atoms with Gasteiger partial charge in [0.25, 0.3) is 0 Å². The summed E-state index contributed by atoms with van der Waals surface area (Å²) in [7, 11) is 0. The Hall–Kier alpha value is -0.830. The quantitative estimate of drug-likeness (QED) is 0.808. The van der Waals surface area contributed by atoms with Gasteiger partial charge in [0.15, 0.2) is 0 Å². The van der Waals surface area contributed by atoms with Crippen molar-refractivity contribution in [1.82, 2.24) is 5.32 Å². The monoisotopic (exact) mass is 293 g/mol. The van der Waals surface area contributed by atoms with Crippen LogP contribution in [-0.2, 0) is 0 Å². The van der Waals surface area contributed by atoms with E-state index in [0.717, 1.165) is 23.6 Å². The molecule has 0 radical (unpaired) electrons. The lowest BCUT2D eigenvalue weighted by molar-refractivity contribution is 0.604. The number of nitrogens with one attached hydrogen (secondary N) is 1. The average molecular weight is 294 g/mol. The predicted molar refractivity (Wildman–Crippen MR) is 85.4 cm³/mol. The summed E-state index contributed by atoms with van der Waals surface area (Å²) in [6.07, 6.45) is 1.13. The summed E-state index contributed by atoms with van der Waals surface area (Å²) >= 11 is 8.08. The van der Waals surface area contributed by atoms with Crippen LogP contribution >= 0.6 is 22.9 Å². The van der Waals surface area contributed by atoms with E-state index in [4.69, 9.17) is 11.6 Å². The molecule has 1 unspecified atom stereocenters. The molecule has 2 rings (SSSR count). The summed E-state index contributed by atoms with van der Waals surface area (Å²) in [5.74, 6) is 0. The molecule has 1 N–H and O–H groups in total. The van der Waals surface area contributed by atoms with Crippen molar-refractivity contribution in [2.45, 2.75) is 33.2 Å². The van der Waals surface area contributed by atoms with Gasteiger partial charge in [0.1, 0.15) is 0 Å². The maximum absolute atomic E-state index is 6.27. The molecule has 0 saturated heterocycles. The fourth-order valence-electron chi connectivity index (χ4n) is 2.12. The Morgan fingerprint density at radius 3 is 2.58 bits per heavy atom. The summed E-state index contributed by atoms with van der Waals surface area (Å²) in [5.41, 5.74) is 3.72. The van der Waals surface area contributed by atoms with Crippen molar-refractivity contribution >= 4 is 22.9 Å². The molecule has 2 aromatic rings. The van der Waals surface area contributed by atoms with E-state index in [9.17, 15) is 0 Å². The van der Waals surface area contributed by atoms with Crippen molar-refractivity contribution in [3.05, 3.63) is 56.2 Å². The molecule has 3 heteroatoms. The number of benzene rings is 1. The molecule has 0 aliphatic carbocycles. The molecular weight excluding hydrogens is 274 g/mol. The molecule has 1 aromatic carbocycles. The van der Waals surface area contributed by atoms with E-state index in [0.29, 0.717) is 0 Å². The Labute approximate surface area is 124 Å². The van der Waals surface area contributed by atoms with Crippen LogP contribution in [0.2, 0.25) is 5.02 Å². The SMILES string of the molecule is CCCNC(c1ccc(C)c(Cl)c1)c1sccc1C. The fourth-order valence-corrected chi connectivity index (χ4v) is 3.34. The lowest BCUT2D eigenvalue weighted by atomic mass is 10.0. The highest BCUT2D eigenvalue weighted by Gasteiger charge is 2.17. The first kappa shape index (κ1) is 14.6. The van der Waals surface area contributed by atoms with Crippen molar-refractivity contribution in [3.63, 3.8) is 0 Å². The maximum Gasteiger partial charge on any atom is 0.0674 e. The summed E-state index contributed by atoms with van der Waals surface area (Å²) in [4.78, 5) is 1.38. The molecule has 1 atom stereocenters. The van der Waals surface area contributed by atoms with E-state index in [1.54, 1.807) is 0 Å². The van der Waals surface area contributed by atoms with E-state index in [-0.39, 0.29) is 6.04 Å². The van der Waals surface area contributed by atoms with Crippen LogP contribution in [0.5, 0.6) is 0 Å². The van der Waals surface area contributed by atoms with E-state index in [1.807, 2.05) is 18.3 Å². The van der Waals surface area contributed by atoms with Gasteiger partial charge in [0.05, 0.1) is 6.04 Å². The first-order chi connectivity index (χ1) is 9.13. The molecule has 1 nitrogen and oxygen atoms in total. The van der Waals surface area contributed by atoms with E-state index in [1.165, 1.54) is 16.0 Å². The Balaban J connectivity index is 2.37. The molecule has 0 aliphatic rings. The topological polar surface area (TPSA) is 12.0 Å². The Morgan fingerprint density at radius 1 is 1.21 bits per heavy atom. The fraction of sp³-hybridized carbons (Fsp3) is 0.375. The van der Waals surface area contributed by atoms with Gasteiger partial charge >= 0.3 is 0 Å². The number of thiophene rings is 1. The predicted octanol–water partition coefficient (Wildman–Crippen LogP) is 5.11. The van der Waals surface area contributed by atoms with E-state index < -0.39 is 0 Å². The standard InChI is InChI=1S/C16H20ClNS/c1-4-8-18-15(16-12(3)7-9-19-16)13-6-5-11(2)14(17)10-13/h5-7,9-10,15,18H,4,8H2,1-3H3. The smallest absolute Gasteiger partial charge is 0.0674 e. The van der Waals surface area contributed by atoms with E-state index >= 15 is 0 Å². The largest absolute Gasteiger partial charge is 0.306 e.